The summed E-state index contributed by atoms with van der Waals surface area (Å²) in [5.74, 6) is -0.701. The van der Waals surface area contributed by atoms with Crippen molar-refractivity contribution in [2.24, 2.45) is 0 Å². The summed E-state index contributed by atoms with van der Waals surface area (Å²) in [4.78, 5) is 41.2. The second-order valence-corrected chi connectivity index (χ2v) is 24.4. The molecule has 0 aromatic heterocycles. The molecule has 5 aromatic carbocycles. The molecule has 14 nitrogen and oxygen atoms in total. The molecule has 0 spiro atoms. The Hall–Kier alpha value is -4.39. The van der Waals surface area contributed by atoms with E-state index in [-0.39, 0.29) is 80.6 Å². The monoisotopic (exact) mass is 1120 g/mol. The molecule has 0 fully saturated rings. The number of hydrogen-bond acceptors (Lipinski definition) is 11. The average Bonchev–Trinajstić information content (AvgIpc) is 3.74. The zero-order valence-corrected chi connectivity index (χ0v) is 51.6. The van der Waals surface area contributed by atoms with Crippen molar-refractivity contribution in [2.75, 3.05) is 45.4 Å². The van der Waals surface area contributed by atoms with Gasteiger partial charge in [0.2, 0.25) is 5.69 Å². The zero-order valence-electron chi connectivity index (χ0n) is 45.1. The van der Waals surface area contributed by atoms with Crippen LogP contribution in [0.25, 0.3) is 0 Å². The van der Waals surface area contributed by atoms with Crippen LogP contribution in [0.1, 0.15) is 98.1 Å². The van der Waals surface area contributed by atoms with Crippen LogP contribution in [-0.4, -0.2) is 94.3 Å². The molecule has 0 radical (unpaired) electrons. The van der Waals surface area contributed by atoms with Crippen molar-refractivity contribution in [3.8, 4) is 0 Å². The average molecular weight is 1120 g/mol. The van der Waals surface area contributed by atoms with Crippen LogP contribution in [0.4, 0.5) is 11.4 Å². The molecule has 394 valence electrons. The molecule has 77 heavy (non-hydrogen) atoms. The van der Waals surface area contributed by atoms with Crippen LogP contribution in [-0.2, 0) is 45.3 Å². The maximum absolute atomic E-state index is 13.5. The minimum atomic E-state index is -4.71. The second-order valence-electron chi connectivity index (χ2n) is 19.5. The summed E-state index contributed by atoms with van der Waals surface area (Å²) < 4.78 is 82.9. The van der Waals surface area contributed by atoms with Crippen molar-refractivity contribution in [1.82, 2.24) is 5.32 Å². The van der Waals surface area contributed by atoms with Crippen LogP contribution in [0.3, 0.4) is 0 Å². The molecule has 0 aliphatic carbocycles. The minimum absolute atomic E-state index is 0. The van der Waals surface area contributed by atoms with Gasteiger partial charge in [0.1, 0.15) is 22.4 Å². The van der Waals surface area contributed by atoms with Gasteiger partial charge in [-0.2, -0.15) is 13.0 Å². The number of Topliss-reactive ketones (excluding diaryl/α,β-unsaturated/α-hetero) is 1. The number of ketones is 1. The van der Waals surface area contributed by atoms with Crippen molar-refractivity contribution in [2.45, 2.75) is 86.8 Å². The minimum Gasteiger partial charge on any atom is -0.744 e. The third-order valence-corrected chi connectivity index (χ3v) is 17.9. The van der Waals surface area contributed by atoms with Gasteiger partial charge in [-0.05, 0) is 112 Å². The van der Waals surface area contributed by atoms with E-state index in [0.717, 1.165) is 51.8 Å². The number of benzene rings is 5. The van der Waals surface area contributed by atoms with Crippen LogP contribution in [0.15, 0.2) is 161 Å². The van der Waals surface area contributed by atoms with Crippen molar-refractivity contribution < 1.29 is 113 Å². The van der Waals surface area contributed by atoms with E-state index in [2.05, 4.69) is 14.8 Å². The number of rotatable bonds is 23. The van der Waals surface area contributed by atoms with Crippen LogP contribution in [0.2, 0.25) is 0 Å². The maximum Gasteiger partial charge on any atom is 1.00 e. The van der Waals surface area contributed by atoms with Gasteiger partial charge in [0.15, 0.2) is 5.71 Å². The van der Waals surface area contributed by atoms with Crippen molar-refractivity contribution in [3.05, 3.63) is 174 Å². The number of amides is 1. The Morgan fingerprint density at radius 2 is 1.38 bits per heavy atom. The van der Waals surface area contributed by atoms with Gasteiger partial charge in [0.05, 0.1) is 34.5 Å². The molecule has 2 aliphatic rings. The molecule has 0 atom stereocenters. The molecule has 7 rings (SSSR count). The number of unbranched alkanes of at least 4 members (excludes halogenated alkanes) is 2. The van der Waals surface area contributed by atoms with Gasteiger partial charge >= 0.3 is 65.1 Å². The molecule has 0 saturated heterocycles. The van der Waals surface area contributed by atoms with Gasteiger partial charge in [-0.1, -0.05) is 92.7 Å². The Kier molecular flexibility index (Phi) is 22.8. The van der Waals surface area contributed by atoms with Gasteiger partial charge in [0, 0.05) is 84.8 Å². The van der Waals surface area contributed by atoms with Crippen LogP contribution in [0, 0.1) is 0 Å². The molecule has 2 N–H and O–H groups in total. The Labute approximate surface area is 499 Å². The molecule has 5 aromatic rings. The third-order valence-electron chi connectivity index (χ3n) is 13.8. The smallest absolute Gasteiger partial charge is 0.744 e. The predicted molar refractivity (Wildman–Crippen MR) is 294 cm³/mol. The van der Waals surface area contributed by atoms with Crippen molar-refractivity contribution in [3.63, 3.8) is 0 Å². The number of nitrogens with zero attached hydrogens (tertiary/aromatic N) is 2. The number of allylic oxidation sites excluding steroid dienone is 6. The second kappa shape index (κ2) is 27.7. The first-order valence-corrected chi connectivity index (χ1v) is 29.0. The number of nitrogens with one attached hydrogen (secondary N) is 1. The molecule has 0 unspecified atom stereocenters. The number of fused-ring (bicyclic) bond motifs is 2. The molecule has 0 bridgehead atoms. The maximum atomic E-state index is 13.5. The zero-order chi connectivity index (χ0) is 54.1. The first-order valence-electron chi connectivity index (χ1n) is 24.8. The molecular formula is C58H64N3Na2O11PS2+2. The molecule has 2 heterocycles. The summed E-state index contributed by atoms with van der Waals surface area (Å²) in [7, 11) is -7.39. The fourth-order valence-corrected chi connectivity index (χ4v) is 13.3. The van der Waals surface area contributed by atoms with E-state index in [1.165, 1.54) is 31.4 Å². The van der Waals surface area contributed by atoms with E-state index < -0.39 is 45.0 Å². The standard InChI is InChI=1S/C58H64N3O11PS2.2Na/c1-57(2)48-39-45(74(65,66)67)29-32-50(48)60(53(57)26-16-9-17-27-54-58(3,4)49-40-46(75(68,69)70)30-33-51(49)61(54)36-37-71-5)35-18-10-11-20-42(62)21-19-34-59-55(63)41-28-31-47(56(64)72-6)52(38-41)73(43-22-12-7-13-23-43)44-24-14-8-15-25-44;;/h7-9,12-17,22-33,38-40H,10-11,18-21,34-37H2,1-6H3,(H2-,59,63,65,66,67,68,69,70);;/q;2*+1. The predicted octanol–water partition coefficient (Wildman–Crippen LogP) is 2.55. The van der Waals surface area contributed by atoms with E-state index in [4.69, 9.17) is 9.47 Å². The summed E-state index contributed by atoms with van der Waals surface area (Å²) in [6.07, 6.45) is 12.9. The van der Waals surface area contributed by atoms with E-state index in [1.54, 1.807) is 37.4 Å². The number of esters is 1. The Morgan fingerprint density at radius 3 is 2.00 bits per heavy atom. The van der Waals surface area contributed by atoms with Gasteiger partial charge in [0.25, 0.3) is 16.0 Å². The third kappa shape index (κ3) is 15.1. The number of carbonyl (C=O) groups is 3. The molecule has 2 aliphatic heterocycles. The van der Waals surface area contributed by atoms with Gasteiger partial charge in [-0.15, -0.1) is 0 Å². The number of hydrogen-bond donors (Lipinski definition) is 2. The summed E-state index contributed by atoms with van der Waals surface area (Å²) >= 11 is 0. The number of carbonyl (C=O) groups excluding carboxylic acids is 3. The first-order chi connectivity index (χ1) is 35.7. The Morgan fingerprint density at radius 1 is 0.740 bits per heavy atom. The Bertz CT molecular complexity index is 3270. The topological polar surface area (TPSA) is 200 Å². The van der Waals surface area contributed by atoms with E-state index in [1.807, 2.05) is 119 Å². The van der Waals surface area contributed by atoms with Gasteiger partial charge in [-0.25, -0.2) is 13.2 Å². The van der Waals surface area contributed by atoms with Crippen LogP contribution >= 0.6 is 7.92 Å². The quantitative estimate of drug-likeness (QED) is 0.0185. The normalized spacial score (nSPS) is 15.1. The SMILES string of the molecule is COCCN1C(=CC=CC=CC2=[N+](CCCCCC(=O)CCCNC(=O)c3ccc(C(=O)OC)c(P(c4ccccc4)c4ccccc4)c3)c3ccc(S(=O)(=O)[O-])cc3C2(C)C)C(C)(C)c2cc(S(=O)(=O)O)ccc21.[Na+].[Na+]. The Balaban J connectivity index is 0.00000547. The van der Waals surface area contributed by atoms with E-state index >= 15 is 0 Å². The van der Waals surface area contributed by atoms with Crippen LogP contribution < -0.4 is 85.2 Å². The van der Waals surface area contributed by atoms with Gasteiger partial charge < -0.3 is 24.2 Å². The van der Waals surface area contributed by atoms with Crippen molar-refractivity contribution in [1.29, 1.82) is 0 Å². The van der Waals surface area contributed by atoms with Crippen LogP contribution in [0.5, 0.6) is 0 Å². The largest absolute Gasteiger partial charge is 1.00 e. The number of methoxy groups -OCH3 is 2. The summed E-state index contributed by atoms with van der Waals surface area (Å²) in [6.45, 7) is 9.74. The molecule has 1 amide bonds. The molecular weight excluding hydrogens is 1060 g/mol. The fourth-order valence-electron chi connectivity index (χ4n) is 9.85. The van der Waals surface area contributed by atoms with Gasteiger partial charge in [-0.3, -0.25) is 14.1 Å². The van der Waals surface area contributed by atoms with Crippen molar-refractivity contribution >= 4 is 78.8 Å². The molecule has 0 saturated carbocycles. The first kappa shape index (κ1) is 63.4. The molecule has 19 heteroatoms. The fraction of sp³-hybridized carbons (Fsp3) is 0.310. The summed E-state index contributed by atoms with van der Waals surface area (Å²) in [6, 6.07) is 33.8. The number of ether oxygens (including phenoxy) is 2. The summed E-state index contributed by atoms with van der Waals surface area (Å²) in [5, 5.41) is 5.70. The number of anilines is 1. The van der Waals surface area contributed by atoms with E-state index in [9.17, 15) is 40.3 Å². The summed E-state index contributed by atoms with van der Waals surface area (Å²) in [5.41, 5.74) is 4.36. The van der Waals surface area contributed by atoms with E-state index in [0.29, 0.717) is 73.9 Å².